The van der Waals surface area contributed by atoms with E-state index >= 15 is 8.78 Å². The third-order valence-electron chi connectivity index (χ3n) is 7.83. The van der Waals surface area contributed by atoms with Crippen molar-refractivity contribution < 1.29 is 17.6 Å². The molecule has 0 bridgehead atoms. The average Bonchev–Trinajstić information content (AvgIpc) is 3.47. The molecular formula is C33H25B2F2NO2. The van der Waals surface area contributed by atoms with Gasteiger partial charge in [0.2, 0.25) is 0 Å². The molecule has 3 heterocycles. The summed E-state index contributed by atoms with van der Waals surface area (Å²) < 4.78 is 43.8. The number of aromatic nitrogens is 1. The molecule has 0 radical (unpaired) electrons. The molecule has 0 aliphatic heterocycles. The topological polar surface area (TPSA) is 39.2 Å². The van der Waals surface area contributed by atoms with Crippen LogP contribution in [0.25, 0.3) is 66.3 Å². The fraction of sp³-hybridized carbons (Fsp3) is 0.121. The molecule has 7 rings (SSSR count). The molecule has 40 heavy (non-hydrogen) atoms. The van der Waals surface area contributed by atoms with Crippen LogP contribution in [0.2, 0.25) is 0 Å². The second-order valence-electron chi connectivity index (χ2n) is 11.5. The Morgan fingerprint density at radius 3 is 2.23 bits per heavy atom. The zero-order chi connectivity index (χ0) is 27.9. The number of para-hydroxylation sites is 2. The maximum absolute atomic E-state index is 15.7. The molecule has 0 amide bonds. The molecule has 4 aromatic carbocycles. The van der Waals surface area contributed by atoms with Crippen molar-refractivity contribution in [3.8, 4) is 22.4 Å². The SMILES string of the molecule is Bc1nc(-c2cccc3c2oc2c(-c4ccc5c(c4)oc4ccccc45)c(F)ccc23)c(B)c(F)c1C(C)(C)C. The first-order valence-corrected chi connectivity index (χ1v) is 13.4. The molecule has 0 spiro atoms. The Bertz CT molecular complexity index is 2150. The zero-order valence-electron chi connectivity index (χ0n) is 22.9. The fourth-order valence-electron chi connectivity index (χ4n) is 6.07. The molecule has 0 aliphatic rings. The predicted octanol–water partition coefficient (Wildman–Crippen LogP) is 6.31. The van der Waals surface area contributed by atoms with Crippen molar-refractivity contribution in [3.63, 3.8) is 0 Å². The molecule has 0 fully saturated rings. The monoisotopic (exact) mass is 527 g/mol. The summed E-state index contributed by atoms with van der Waals surface area (Å²) in [7, 11) is 3.59. The van der Waals surface area contributed by atoms with E-state index in [9.17, 15) is 0 Å². The van der Waals surface area contributed by atoms with Crippen LogP contribution in [0.1, 0.15) is 26.3 Å². The Morgan fingerprint density at radius 2 is 1.43 bits per heavy atom. The van der Waals surface area contributed by atoms with Gasteiger partial charge in [-0.05, 0) is 52.8 Å². The van der Waals surface area contributed by atoms with Crippen LogP contribution >= 0.6 is 0 Å². The van der Waals surface area contributed by atoms with Gasteiger partial charge in [-0.1, -0.05) is 57.2 Å². The Labute approximate surface area is 231 Å². The van der Waals surface area contributed by atoms with E-state index in [2.05, 4.69) is 0 Å². The van der Waals surface area contributed by atoms with Crippen LogP contribution in [-0.4, -0.2) is 20.7 Å². The minimum absolute atomic E-state index is 0.256. The normalized spacial score (nSPS) is 12.3. The summed E-state index contributed by atoms with van der Waals surface area (Å²) in [5.74, 6) is -0.650. The van der Waals surface area contributed by atoms with Gasteiger partial charge < -0.3 is 8.83 Å². The maximum Gasteiger partial charge on any atom is 0.164 e. The number of hydrogen-bond donors (Lipinski definition) is 0. The lowest BCUT2D eigenvalue weighted by molar-refractivity contribution is 0.529. The Balaban J connectivity index is 1.48. The van der Waals surface area contributed by atoms with Crippen molar-refractivity contribution in [3.05, 3.63) is 90.0 Å². The first-order chi connectivity index (χ1) is 19.1. The van der Waals surface area contributed by atoms with Gasteiger partial charge in [-0.3, -0.25) is 4.98 Å². The number of rotatable bonds is 2. The van der Waals surface area contributed by atoms with Crippen LogP contribution in [0.15, 0.2) is 81.6 Å². The average molecular weight is 527 g/mol. The minimum atomic E-state index is -0.394. The number of pyridine rings is 1. The third-order valence-corrected chi connectivity index (χ3v) is 7.83. The summed E-state index contributed by atoms with van der Waals surface area (Å²) in [5.41, 5.74) is 5.98. The summed E-state index contributed by atoms with van der Waals surface area (Å²) in [4.78, 5) is 4.86. The van der Waals surface area contributed by atoms with Gasteiger partial charge in [0.05, 0.1) is 11.3 Å². The molecule has 7 heteroatoms. The van der Waals surface area contributed by atoms with E-state index in [-0.39, 0.29) is 11.2 Å². The van der Waals surface area contributed by atoms with Crippen LogP contribution < -0.4 is 11.1 Å². The van der Waals surface area contributed by atoms with Gasteiger partial charge in [0.1, 0.15) is 41.8 Å². The smallest absolute Gasteiger partial charge is 0.164 e. The van der Waals surface area contributed by atoms with Crippen molar-refractivity contribution in [1.29, 1.82) is 0 Å². The lowest BCUT2D eigenvalue weighted by Crippen LogP contribution is -2.34. The van der Waals surface area contributed by atoms with Gasteiger partial charge in [-0.15, -0.1) is 0 Å². The minimum Gasteiger partial charge on any atom is -0.456 e. The molecule has 0 aliphatic carbocycles. The van der Waals surface area contributed by atoms with E-state index in [4.69, 9.17) is 13.8 Å². The molecule has 7 aromatic rings. The van der Waals surface area contributed by atoms with Crippen molar-refractivity contribution in [2.24, 2.45) is 0 Å². The number of hydrogen-bond acceptors (Lipinski definition) is 3. The standard InChI is InChI=1S/C33H25B2F2NO2/c1-33(2,3)26-28(37)27(34)29(38-32(26)35)21-9-6-8-19-20-13-14-22(36)25(31(20)40-30(19)21)16-11-12-18-17-7-4-5-10-23(17)39-24(18)15-16/h4-15H,34-35H2,1-3H3. The highest BCUT2D eigenvalue weighted by atomic mass is 19.1. The Morgan fingerprint density at radius 1 is 0.725 bits per heavy atom. The fourth-order valence-corrected chi connectivity index (χ4v) is 6.07. The number of nitrogens with zero attached hydrogens (tertiary/aromatic N) is 1. The highest BCUT2D eigenvalue weighted by molar-refractivity contribution is 6.38. The predicted molar refractivity (Wildman–Crippen MR) is 165 cm³/mol. The van der Waals surface area contributed by atoms with E-state index in [0.29, 0.717) is 55.8 Å². The van der Waals surface area contributed by atoms with E-state index in [1.165, 1.54) is 6.07 Å². The molecule has 3 nitrogen and oxygen atoms in total. The first kappa shape index (κ1) is 24.6. The largest absolute Gasteiger partial charge is 0.456 e. The van der Waals surface area contributed by atoms with Gasteiger partial charge in [0.15, 0.2) is 7.85 Å². The number of fused-ring (bicyclic) bond motifs is 6. The molecule has 0 saturated heterocycles. The number of furan rings is 2. The second-order valence-corrected chi connectivity index (χ2v) is 11.5. The highest BCUT2D eigenvalue weighted by Crippen LogP contribution is 2.42. The molecule has 3 aromatic heterocycles. The maximum atomic E-state index is 15.7. The van der Waals surface area contributed by atoms with Gasteiger partial charge >= 0.3 is 0 Å². The molecule has 0 atom stereocenters. The molecule has 194 valence electrons. The molecule has 0 unspecified atom stereocenters. The van der Waals surface area contributed by atoms with Gasteiger partial charge in [0, 0.05) is 38.3 Å². The van der Waals surface area contributed by atoms with Gasteiger partial charge in [0.25, 0.3) is 0 Å². The van der Waals surface area contributed by atoms with E-state index in [1.54, 1.807) is 13.9 Å². The molecule has 0 N–H and O–H groups in total. The van der Waals surface area contributed by atoms with Crippen molar-refractivity contribution in [2.75, 3.05) is 0 Å². The van der Waals surface area contributed by atoms with E-state index in [1.807, 2.05) is 89.3 Å². The summed E-state index contributed by atoms with van der Waals surface area (Å²) in [6, 6.07) is 22.5. The third kappa shape index (κ3) is 3.53. The molecule has 0 saturated carbocycles. The van der Waals surface area contributed by atoms with Crippen LogP contribution in [0.3, 0.4) is 0 Å². The first-order valence-electron chi connectivity index (χ1n) is 13.4. The Hall–Kier alpha value is -4.38. The van der Waals surface area contributed by atoms with Crippen LogP contribution in [0, 0.1) is 11.6 Å². The lowest BCUT2D eigenvalue weighted by Gasteiger charge is -2.24. The summed E-state index contributed by atoms with van der Waals surface area (Å²) in [6.07, 6.45) is 0. The van der Waals surface area contributed by atoms with E-state index < -0.39 is 5.82 Å². The van der Waals surface area contributed by atoms with Gasteiger partial charge in [-0.2, -0.15) is 0 Å². The van der Waals surface area contributed by atoms with Gasteiger partial charge in [-0.25, -0.2) is 8.78 Å². The van der Waals surface area contributed by atoms with Crippen LogP contribution in [-0.2, 0) is 5.41 Å². The summed E-state index contributed by atoms with van der Waals surface area (Å²) in [5, 5.41) is 3.58. The summed E-state index contributed by atoms with van der Waals surface area (Å²) in [6.45, 7) is 5.95. The van der Waals surface area contributed by atoms with Crippen LogP contribution in [0.5, 0.6) is 0 Å². The quantitative estimate of drug-likeness (QED) is 0.248. The Kier molecular flexibility index (Phi) is 5.27. The van der Waals surface area contributed by atoms with Crippen LogP contribution in [0.4, 0.5) is 8.78 Å². The van der Waals surface area contributed by atoms with Crippen molar-refractivity contribution >= 4 is 70.6 Å². The summed E-state index contributed by atoms with van der Waals surface area (Å²) >= 11 is 0. The zero-order valence-corrected chi connectivity index (χ0v) is 22.9. The highest BCUT2D eigenvalue weighted by Gasteiger charge is 2.26. The molecular weight excluding hydrogens is 502 g/mol. The number of benzene rings is 4. The second kappa shape index (κ2) is 8.56. The van der Waals surface area contributed by atoms with Crippen molar-refractivity contribution in [2.45, 2.75) is 26.2 Å². The lowest BCUT2D eigenvalue weighted by atomic mass is 9.76. The van der Waals surface area contributed by atoms with E-state index in [0.717, 1.165) is 27.1 Å². The van der Waals surface area contributed by atoms with Crippen molar-refractivity contribution in [1.82, 2.24) is 4.98 Å². The number of halogens is 2.